The summed E-state index contributed by atoms with van der Waals surface area (Å²) in [5.74, 6) is 0.130. The maximum atomic E-state index is 12.1. The van der Waals surface area contributed by atoms with E-state index < -0.39 is 15.3 Å². The Morgan fingerprint density at radius 1 is 1.41 bits per heavy atom. The molecule has 1 aliphatic rings. The van der Waals surface area contributed by atoms with Crippen LogP contribution < -0.4 is 11.1 Å². The van der Waals surface area contributed by atoms with Crippen LogP contribution in [0.1, 0.15) is 33.1 Å². The first-order valence-corrected chi connectivity index (χ1v) is 7.92. The second-order valence-corrected chi connectivity index (χ2v) is 6.99. The Morgan fingerprint density at radius 2 is 2.00 bits per heavy atom. The second-order valence-electron chi connectivity index (χ2n) is 4.76. The standard InChI is InChI=1S/C11H22N2O3S/c1-3-11(4-2,8-12)10(14)13-9-5-6-17(15,16)7-9/h9H,3-8,12H2,1-2H3,(H,13,14). The van der Waals surface area contributed by atoms with Crippen LogP contribution in [0.2, 0.25) is 0 Å². The van der Waals surface area contributed by atoms with Gasteiger partial charge >= 0.3 is 0 Å². The van der Waals surface area contributed by atoms with E-state index in [-0.39, 0.29) is 23.5 Å². The van der Waals surface area contributed by atoms with Crippen LogP contribution >= 0.6 is 0 Å². The molecular formula is C11H22N2O3S. The third-order valence-corrected chi connectivity index (χ3v) is 5.56. The van der Waals surface area contributed by atoms with Crippen LogP contribution in [0.15, 0.2) is 0 Å². The summed E-state index contributed by atoms with van der Waals surface area (Å²) in [7, 11) is -2.95. The summed E-state index contributed by atoms with van der Waals surface area (Å²) in [5.41, 5.74) is 5.13. The lowest BCUT2D eigenvalue weighted by Crippen LogP contribution is -2.49. The minimum Gasteiger partial charge on any atom is -0.352 e. The van der Waals surface area contributed by atoms with Crippen LogP contribution in [0.25, 0.3) is 0 Å². The first-order chi connectivity index (χ1) is 7.89. The molecule has 1 rings (SSSR count). The van der Waals surface area contributed by atoms with Gasteiger partial charge in [-0.1, -0.05) is 13.8 Å². The number of carbonyl (C=O) groups excluding carboxylic acids is 1. The van der Waals surface area contributed by atoms with Crippen molar-refractivity contribution in [3.05, 3.63) is 0 Å². The molecule has 1 unspecified atom stereocenters. The van der Waals surface area contributed by atoms with Crippen molar-refractivity contribution < 1.29 is 13.2 Å². The number of sulfone groups is 1. The number of amides is 1. The van der Waals surface area contributed by atoms with Crippen LogP contribution in [0, 0.1) is 5.41 Å². The predicted molar refractivity (Wildman–Crippen MR) is 67.3 cm³/mol. The first kappa shape index (κ1) is 14.4. The lowest BCUT2D eigenvalue weighted by Gasteiger charge is -2.29. The van der Waals surface area contributed by atoms with Gasteiger partial charge in [0.05, 0.1) is 16.9 Å². The largest absolute Gasteiger partial charge is 0.352 e. The topological polar surface area (TPSA) is 89.3 Å². The summed E-state index contributed by atoms with van der Waals surface area (Å²) in [4.78, 5) is 12.1. The molecule has 0 aliphatic carbocycles. The molecule has 0 bridgehead atoms. The van der Waals surface area contributed by atoms with Gasteiger partial charge in [-0.05, 0) is 19.3 Å². The van der Waals surface area contributed by atoms with Crippen molar-refractivity contribution in [1.29, 1.82) is 0 Å². The molecule has 1 saturated heterocycles. The molecule has 17 heavy (non-hydrogen) atoms. The number of carbonyl (C=O) groups is 1. The van der Waals surface area contributed by atoms with E-state index in [4.69, 9.17) is 5.73 Å². The smallest absolute Gasteiger partial charge is 0.227 e. The molecule has 3 N–H and O–H groups in total. The zero-order valence-electron chi connectivity index (χ0n) is 10.5. The van der Waals surface area contributed by atoms with E-state index in [2.05, 4.69) is 5.32 Å². The number of nitrogens with one attached hydrogen (secondary N) is 1. The average Bonchev–Trinajstić information content (AvgIpc) is 2.61. The quantitative estimate of drug-likeness (QED) is 0.733. The third kappa shape index (κ3) is 3.19. The SMILES string of the molecule is CCC(CC)(CN)C(=O)NC1CCS(=O)(=O)C1. The molecule has 1 amide bonds. The monoisotopic (exact) mass is 262 g/mol. The van der Waals surface area contributed by atoms with Gasteiger partial charge in [0.25, 0.3) is 0 Å². The summed E-state index contributed by atoms with van der Waals surface area (Å²) in [6.45, 7) is 4.16. The van der Waals surface area contributed by atoms with Gasteiger partial charge in [0.1, 0.15) is 0 Å². The fourth-order valence-corrected chi connectivity index (χ4v) is 3.87. The molecule has 0 aromatic rings. The van der Waals surface area contributed by atoms with Crippen molar-refractivity contribution in [1.82, 2.24) is 5.32 Å². The Balaban J connectivity index is 2.66. The highest BCUT2D eigenvalue weighted by atomic mass is 32.2. The summed E-state index contributed by atoms with van der Waals surface area (Å²) in [6.07, 6.45) is 1.86. The second kappa shape index (κ2) is 5.35. The van der Waals surface area contributed by atoms with E-state index >= 15 is 0 Å². The van der Waals surface area contributed by atoms with Crippen LogP contribution in [0.5, 0.6) is 0 Å². The summed E-state index contributed by atoms with van der Waals surface area (Å²) < 4.78 is 22.6. The van der Waals surface area contributed by atoms with Crippen LogP contribution in [0.3, 0.4) is 0 Å². The normalized spacial score (nSPS) is 23.6. The Kier molecular flexibility index (Phi) is 4.55. The summed E-state index contributed by atoms with van der Waals surface area (Å²) in [5, 5.41) is 2.83. The van der Waals surface area contributed by atoms with Gasteiger partial charge in [0.15, 0.2) is 9.84 Å². The molecule has 1 aliphatic heterocycles. The van der Waals surface area contributed by atoms with E-state index in [1.165, 1.54) is 0 Å². The van der Waals surface area contributed by atoms with Gasteiger partial charge < -0.3 is 11.1 Å². The highest BCUT2D eigenvalue weighted by Crippen LogP contribution is 2.26. The van der Waals surface area contributed by atoms with Crippen molar-refractivity contribution >= 4 is 15.7 Å². The Hall–Kier alpha value is -0.620. The minimum absolute atomic E-state index is 0.0623. The Morgan fingerprint density at radius 3 is 2.35 bits per heavy atom. The Bertz CT molecular complexity index is 366. The molecule has 0 saturated carbocycles. The highest BCUT2D eigenvalue weighted by molar-refractivity contribution is 7.91. The van der Waals surface area contributed by atoms with Crippen molar-refractivity contribution in [2.45, 2.75) is 39.2 Å². The maximum Gasteiger partial charge on any atom is 0.227 e. The predicted octanol–water partition coefficient (Wildman–Crippen LogP) is 0.0548. The maximum absolute atomic E-state index is 12.1. The van der Waals surface area contributed by atoms with Gasteiger partial charge in [-0.25, -0.2) is 8.42 Å². The molecular weight excluding hydrogens is 240 g/mol. The number of hydrogen-bond acceptors (Lipinski definition) is 4. The molecule has 1 fully saturated rings. The van der Waals surface area contributed by atoms with Crippen LogP contribution in [-0.2, 0) is 14.6 Å². The zero-order chi connectivity index (χ0) is 13.1. The van der Waals surface area contributed by atoms with E-state index in [1.807, 2.05) is 13.8 Å². The summed E-state index contributed by atoms with van der Waals surface area (Å²) in [6, 6.07) is -0.239. The molecule has 0 radical (unpaired) electrons. The van der Waals surface area contributed by atoms with Crippen LogP contribution in [-0.4, -0.2) is 38.4 Å². The molecule has 0 aromatic heterocycles. The molecule has 100 valence electrons. The van der Waals surface area contributed by atoms with Crippen LogP contribution in [0.4, 0.5) is 0 Å². The van der Waals surface area contributed by atoms with Crippen molar-refractivity contribution in [2.75, 3.05) is 18.1 Å². The van der Waals surface area contributed by atoms with E-state index in [1.54, 1.807) is 0 Å². The van der Waals surface area contributed by atoms with E-state index in [0.717, 1.165) is 0 Å². The molecule has 0 aromatic carbocycles. The molecule has 1 atom stereocenters. The highest BCUT2D eigenvalue weighted by Gasteiger charge is 2.37. The van der Waals surface area contributed by atoms with Gasteiger partial charge in [-0.15, -0.1) is 0 Å². The van der Waals surface area contributed by atoms with Gasteiger partial charge in [-0.2, -0.15) is 0 Å². The third-order valence-electron chi connectivity index (χ3n) is 3.79. The van der Waals surface area contributed by atoms with Crippen molar-refractivity contribution in [3.63, 3.8) is 0 Å². The molecule has 1 heterocycles. The van der Waals surface area contributed by atoms with Gasteiger partial charge in [0, 0.05) is 12.6 Å². The lowest BCUT2D eigenvalue weighted by atomic mass is 9.81. The van der Waals surface area contributed by atoms with E-state index in [9.17, 15) is 13.2 Å². The average molecular weight is 262 g/mol. The molecule has 6 heteroatoms. The summed E-state index contributed by atoms with van der Waals surface area (Å²) >= 11 is 0. The first-order valence-electron chi connectivity index (χ1n) is 6.10. The van der Waals surface area contributed by atoms with Gasteiger partial charge in [0.2, 0.25) is 5.91 Å². The number of nitrogens with two attached hydrogens (primary N) is 1. The van der Waals surface area contributed by atoms with Crippen molar-refractivity contribution in [3.8, 4) is 0 Å². The Labute approximate surface area is 103 Å². The number of rotatable bonds is 5. The number of hydrogen-bond donors (Lipinski definition) is 2. The fraction of sp³-hybridized carbons (Fsp3) is 0.909. The minimum atomic E-state index is -2.95. The zero-order valence-corrected chi connectivity index (χ0v) is 11.3. The molecule has 0 spiro atoms. The fourth-order valence-electron chi connectivity index (χ4n) is 2.20. The van der Waals surface area contributed by atoms with Gasteiger partial charge in [-0.3, -0.25) is 4.79 Å². The van der Waals surface area contributed by atoms with Crippen molar-refractivity contribution in [2.24, 2.45) is 11.1 Å². The lowest BCUT2D eigenvalue weighted by molar-refractivity contribution is -0.131. The van der Waals surface area contributed by atoms with E-state index in [0.29, 0.717) is 25.8 Å². The molecule has 5 nitrogen and oxygen atoms in total.